The second-order valence-corrected chi connectivity index (χ2v) is 5.81. The minimum Gasteiger partial charge on any atom is -0.310 e. The molecule has 5 heteroatoms. The Kier molecular flexibility index (Phi) is 4.25. The van der Waals surface area contributed by atoms with Gasteiger partial charge in [-0.05, 0) is 41.5 Å². The Labute approximate surface area is 113 Å². The van der Waals surface area contributed by atoms with Crippen molar-refractivity contribution in [2.24, 2.45) is 0 Å². The molecule has 0 spiro atoms. The average molecular weight is 312 g/mol. The molecular weight excluding hydrogens is 298 g/mol. The van der Waals surface area contributed by atoms with Crippen LogP contribution in [-0.4, -0.2) is 17.0 Å². The van der Waals surface area contributed by atoms with E-state index in [0.29, 0.717) is 0 Å². The number of nitrogens with one attached hydrogen (secondary N) is 1. The van der Waals surface area contributed by atoms with Crippen LogP contribution < -0.4 is 5.32 Å². The van der Waals surface area contributed by atoms with E-state index in [0.717, 1.165) is 22.3 Å². The minimum absolute atomic E-state index is 0.168. The molecule has 2 rings (SSSR count). The fraction of sp³-hybridized carbons (Fsp3) is 0.333. The van der Waals surface area contributed by atoms with E-state index in [-0.39, 0.29) is 6.04 Å². The maximum absolute atomic E-state index is 4.37. The second kappa shape index (κ2) is 5.71. The Balaban J connectivity index is 2.13. The van der Waals surface area contributed by atoms with Gasteiger partial charge in [0.05, 0.1) is 6.04 Å². The highest BCUT2D eigenvalue weighted by Crippen LogP contribution is 2.24. The van der Waals surface area contributed by atoms with Crippen molar-refractivity contribution in [1.82, 2.24) is 15.3 Å². The number of rotatable bonds is 4. The van der Waals surface area contributed by atoms with Crippen molar-refractivity contribution in [3.05, 3.63) is 44.6 Å². The summed E-state index contributed by atoms with van der Waals surface area (Å²) in [5.74, 6) is 0.850. The van der Waals surface area contributed by atoms with Gasteiger partial charge in [0.25, 0.3) is 0 Å². The first-order valence-electron chi connectivity index (χ1n) is 5.37. The Morgan fingerprint density at radius 1 is 1.41 bits per heavy atom. The lowest BCUT2D eigenvalue weighted by molar-refractivity contribution is 0.560. The van der Waals surface area contributed by atoms with Crippen LogP contribution in [0.2, 0.25) is 0 Å². The Morgan fingerprint density at radius 2 is 2.12 bits per heavy atom. The highest BCUT2D eigenvalue weighted by atomic mass is 79.9. The van der Waals surface area contributed by atoms with Crippen molar-refractivity contribution >= 4 is 27.3 Å². The van der Waals surface area contributed by atoms with Gasteiger partial charge in [-0.1, -0.05) is 0 Å². The summed E-state index contributed by atoms with van der Waals surface area (Å²) in [4.78, 5) is 10.1. The fourth-order valence-corrected chi connectivity index (χ4v) is 3.07. The fourth-order valence-electron chi connectivity index (χ4n) is 1.57. The molecule has 0 saturated heterocycles. The molecule has 2 aromatic rings. The molecule has 0 saturated carbocycles. The SMILES string of the molecule is CNC(Cc1cc(Br)cs1)c1ncc(C)cn1. The summed E-state index contributed by atoms with van der Waals surface area (Å²) < 4.78 is 1.14. The zero-order chi connectivity index (χ0) is 12.3. The van der Waals surface area contributed by atoms with Gasteiger partial charge >= 0.3 is 0 Å². The molecule has 90 valence electrons. The summed E-state index contributed by atoms with van der Waals surface area (Å²) in [6.45, 7) is 1.99. The summed E-state index contributed by atoms with van der Waals surface area (Å²) in [5, 5.41) is 5.36. The van der Waals surface area contributed by atoms with E-state index in [1.165, 1.54) is 4.88 Å². The van der Waals surface area contributed by atoms with E-state index in [9.17, 15) is 0 Å². The van der Waals surface area contributed by atoms with Crippen molar-refractivity contribution in [2.45, 2.75) is 19.4 Å². The van der Waals surface area contributed by atoms with Crippen LogP contribution in [0.15, 0.2) is 28.3 Å². The van der Waals surface area contributed by atoms with Crippen molar-refractivity contribution in [2.75, 3.05) is 7.05 Å². The number of hydrogen-bond donors (Lipinski definition) is 1. The maximum Gasteiger partial charge on any atom is 0.145 e. The molecule has 2 heterocycles. The average Bonchev–Trinajstić information content (AvgIpc) is 2.73. The number of hydrogen-bond acceptors (Lipinski definition) is 4. The van der Waals surface area contributed by atoms with Crippen LogP contribution in [0.4, 0.5) is 0 Å². The lowest BCUT2D eigenvalue weighted by Crippen LogP contribution is -2.20. The van der Waals surface area contributed by atoms with Crippen LogP contribution in [0.3, 0.4) is 0 Å². The normalized spacial score (nSPS) is 12.6. The number of aromatic nitrogens is 2. The number of aryl methyl sites for hydroxylation is 1. The van der Waals surface area contributed by atoms with E-state index in [4.69, 9.17) is 0 Å². The lowest BCUT2D eigenvalue weighted by atomic mass is 10.1. The van der Waals surface area contributed by atoms with Crippen molar-refractivity contribution in [3.8, 4) is 0 Å². The molecule has 0 aliphatic carbocycles. The molecular formula is C12H14BrN3S. The number of nitrogens with zero attached hydrogens (tertiary/aromatic N) is 2. The van der Waals surface area contributed by atoms with Gasteiger partial charge in [-0.3, -0.25) is 0 Å². The second-order valence-electron chi connectivity index (χ2n) is 3.90. The molecule has 1 N–H and O–H groups in total. The summed E-state index contributed by atoms with van der Waals surface area (Å²) >= 11 is 5.22. The van der Waals surface area contributed by atoms with Crippen molar-refractivity contribution < 1.29 is 0 Å². The molecule has 1 unspecified atom stereocenters. The number of thiophene rings is 1. The zero-order valence-corrected chi connectivity index (χ0v) is 12.2. The van der Waals surface area contributed by atoms with E-state index in [2.05, 4.69) is 42.7 Å². The molecule has 0 amide bonds. The molecule has 0 fully saturated rings. The predicted octanol–water partition coefficient (Wildman–Crippen LogP) is 3.11. The van der Waals surface area contributed by atoms with Crippen LogP contribution in [0.1, 0.15) is 22.3 Å². The zero-order valence-electron chi connectivity index (χ0n) is 9.77. The smallest absolute Gasteiger partial charge is 0.145 e. The highest BCUT2D eigenvalue weighted by Gasteiger charge is 2.13. The summed E-state index contributed by atoms with van der Waals surface area (Å²) in [7, 11) is 1.94. The van der Waals surface area contributed by atoms with Crippen LogP contribution in [0.5, 0.6) is 0 Å². The molecule has 0 aromatic carbocycles. The third kappa shape index (κ3) is 3.34. The quantitative estimate of drug-likeness (QED) is 0.942. The van der Waals surface area contributed by atoms with Gasteiger partial charge < -0.3 is 5.32 Å². The van der Waals surface area contributed by atoms with E-state index >= 15 is 0 Å². The predicted molar refractivity (Wildman–Crippen MR) is 74.3 cm³/mol. The Morgan fingerprint density at radius 3 is 2.65 bits per heavy atom. The largest absolute Gasteiger partial charge is 0.310 e. The summed E-state index contributed by atoms with van der Waals surface area (Å²) in [6, 6.07) is 2.31. The lowest BCUT2D eigenvalue weighted by Gasteiger charge is -2.13. The minimum atomic E-state index is 0.168. The van der Waals surface area contributed by atoms with E-state index in [1.807, 2.05) is 26.4 Å². The van der Waals surface area contributed by atoms with Gasteiger partial charge in [-0.2, -0.15) is 0 Å². The van der Waals surface area contributed by atoms with Crippen LogP contribution in [0, 0.1) is 6.92 Å². The van der Waals surface area contributed by atoms with Crippen LogP contribution >= 0.6 is 27.3 Å². The van der Waals surface area contributed by atoms with Gasteiger partial charge in [0, 0.05) is 33.5 Å². The van der Waals surface area contributed by atoms with Gasteiger partial charge in [0.15, 0.2) is 0 Å². The molecule has 0 aliphatic rings. The first-order valence-corrected chi connectivity index (χ1v) is 7.05. The molecule has 17 heavy (non-hydrogen) atoms. The first kappa shape index (κ1) is 12.7. The topological polar surface area (TPSA) is 37.8 Å². The monoisotopic (exact) mass is 311 g/mol. The van der Waals surface area contributed by atoms with Crippen molar-refractivity contribution in [1.29, 1.82) is 0 Å². The molecule has 0 radical (unpaired) electrons. The van der Waals surface area contributed by atoms with Crippen LogP contribution in [0.25, 0.3) is 0 Å². The Bertz CT molecular complexity index is 481. The van der Waals surface area contributed by atoms with Crippen molar-refractivity contribution in [3.63, 3.8) is 0 Å². The summed E-state index contributed by atoms with van der Waals surface area (Å²) in [5.41, 5.74) is 1.09. The first-order chi connectivity index (χ1) is 8.19. The molecule has 0 bridgehead atoms. The number of likely N-dealkylation sites (N-methyl/N-ethyl adjacent to an activating group) is 1. The number of halogens is 1. The van der Waals surface area contributed by atoms with Crippen LogP contribution in [-0.2, 0) is 6.42 Å². The van der Waals surface area contributed by atoms with E-state index in [1.54, 1.807) is 11.3 Å². The molecule has 0 aliphatic heterocycles. The standard InChI is InChI=1S/C12H14BrN3S/c1-8-5-15-12(16-6-8)11(14-2)4-10-3-9(13)7-17-10/h3,5-7,11,14H,4H2,1-2H3. The van der Waals surface area contributed by atoms with Gasteiger partial charge in [-0.15, -0.1) is 11.3 Å². The summed E-state index contributed by atoms with van der Waals surface area (Å²) in [6.07, 6.45) is 4.63. The molecule has 2 aromatic heterocycles. The molecule has 1 atom stereocenters. The third-order valence-corrected chi connectivity index (χ3v) is 4.21. The van der Waals surface area contributed by atoms with Gasteiger partial charge in [0.2, 0.25) is 0 Å². The molecule has 3 nitrogen and oxygen atoms in total. The third-order valence-electron chi connectivity index (χ3n) is 2.49. The Hall–Kier alpha value is -0.780. The van der Waals surface area contributed by atoms with Gasteiger partial charge in [0.1, 0.15) is 5.82 Å². The highest BCUT2D eigenvalue weighted by molar-refractivity contribution is 9.10. The van der Waals surface area contributed by atoms with E-state index < -0.39 is 0 Å². The maximum atomic E-state index is 4.37. The van der Waals surface area contributed by atoms with Gasteiger partial charge in [-0.25, -0.2) is 9.97 Å².